The van der Waals surface area contributed by atoms with Crippen molar-refractivity contribution in [2.45, 2.75) is 142 Å². The van der Waals surface area contributed by atoms with E-state index in [9.17, 15) is 13.0 Å². The van der Waals surface area contributed by atoms with Gasteiger partial charge in [0.25, 0.3) is 0 Å². The molecule has 31 heavy (non-hydrogen) atoms. The van der Waals surface area contributed by atoms with E-state index in [2.05, 4.69) is 27.9 Å². The second-order valence-corrected chi connectivity index (χ2v) is 11.9. The summed E-state index contributed by atoms with van der Waals surface area (Å²) in [6.45, 7) is 5.39. The van der Waals surface area contributed by atoms with Crippen molar-refractivity contribution in [2.75, 3.05) is 26.4 Å². The summed E-state index contributed by atoms with van der Waals surface area (Å²) in [5.74, 6) is -0.241. The molecule has 0 spiro atoms. The Labute approximate surface area is 195 Å². The molecule has 188 valence electrons. The summed E-state index contributed by atoms with van der Waals surface area (Å²) in [6.07, 6.45) is 25.4. The van der Waals surface area contributed by atoms with Crippen LogP contribution in [-0.4, -0.2) is 49.9 Å². The van der Waals surface area contributed by atoms with Crippen LogP contribution in [0.25, 0.3) is 0 Å². The van der Waals surface area contributed by atoms with E-state index in [1.54, 1.807) is 0 Å². The zero-order valence-corrected chi connectivity index (χ0v) is 22.3. The number of hydrogen-bond acceptors (Lipinski definition) is 3. The van der Waals surface area contributed by atoms with E-state index < -0.39 is 10.1 Å². The molecule has 0 aromatic heterocycles. The molecule has 0 saturated heterocycles. The molecule has 0 rings (SSSR count). The first-order chi connectivity index (χ1) is 14.7. The molecule has 0 fully saturated rings. The quantitative estimate of drug-likeness (QED) is 0.0903. The van der Waals surface area contributed by atoms with Gasteiger partial charge in [-0.05, 0) is 19.8 Å². The molecule has 0 amide bonds. The van der Waals surface area contributed by atoms with Crippen molar-refractivity contribution < 1.29 is 17.5 Å². The van der Waals surface area contributed by atoms with Crippen LogP contribution in [0.5, 0.6) is 0 Å². The number of unbranched alkanes of at least 4 members (excludes halogenated alkanes) is 17. The lowest BCUT2D eigenvalue weighted by atomic mass is 10.0. The van der Waals surface area contributed by atoms with Gasteiger partial charge in [0.15, 0.2) is 0 Å². The number of nitrogens with zero attached hydrogens (tertiary/aromatic N) is 1. The van der Waals surface area contributed by atoms with Crippen LogP contribution in [0, 0.1) is 0 Å². The molecule has 5 heteroatoms. The van der Waals surface area contributed by atoms with E-state index in [0.29, 0.717) is 6.42 Å². The zero-order valence-electron chi connectivity index (χ0n) is 21.5. The zero-order chi connectivity index (χ0) is 23.4. The van der Waals surface area contributed by atoms with Gasteiger partial charge in [-0.1, -0.05) is 110 Å². The van der Waals surface area contributed by atoms with Gasteiger partial charge < -0.3 is 9.04 Å². The van der Waals surface area contributed by atoms with E-state index in [4.69, 9.17) is 0 Å². The smallest absolute Gasteiger partial charge is 0.0948 e. The molecule has 1 atom stereocenters. The van der Waals surface area contributed by atoms with Gasteiger partial charge in [0.05, 0.1) is 36.8 Å². The van der Waals surface area contributed by atoms with Crippen molar-refractivity contribution in [3.05, 3.63) is 0 Å². The second kappa shape index (κ2) is 19.3. The summed E-state index contributed by atoms with van der Waals surface area (Å²) in [5, 5.41) is 0. The van der Waals surface area contributed by atoms with Gasteiger partial charge in [0, 0.05) is 12.2 Å². The maximum atomic E-state index is 10.8. The molecule has 0 heterocycles. The molecule has 0 bridgehead atoms. The molecule has 0 radical (unpaired) electrons. The third-order valence-electron chi connectivity index (χ3n) is 7.07. The highest BCUT2D eigenvalue weighted by molar-refractivity contribution is 7.85. The standard InChI is InChI=1S/C26H55NO3S/c1-5-6-7-8-9-10-11-12-13-14-15-16-17-18-19-20-21-22-24-27(3,4)26(2)23-25-31(28,29)30/h26H,5-25H2,1-4H3. The van der Waals surface area contributed by atoms with E-state index in [1.807, 2.05) is 0 Å². The highest BCUT2D eigenvalue weighted by Gasteiger charge is 2.23. The van der Waals surface area contributed by atoms with Gasteiger partial charge in [-0.25, -0.2) is 8.42 Å². The molecule has 0 N–H and O–H groups in total. The molecule has 0 aromatic rings. The average molecular weight is 462 g/mol. The van der Waals surface area contributed by atoms with Crippen molar-refractivity contribution in [2.24, 2.45) is 0 Å². The molecule has 0 aromatic carbocycles. The van der Waals surface area contributed by atoms with Gasteiger partial charge in [0.1, 0.15) is 0 Å². The highest BCUT2D eigenvalue weighted by Crippen LogP contribution is 2.16. The SMILES string of the molecule is CCCCCCCCCCCCCCCCCCCC[N+](C)(C)C(C)CCS(=O)(=O)[O-]. The fraction of sp³-hybridized carbons (Fsp3) is 1.00. The fourth-order valence-electron chi connectivity index (χ4n) is 4.31. The van der Waals surface area contributed by atoms with Crippen molar-refractivity contribution in [3.63, 3.8) is 0 Å². The third-order valence-corrected chi connectivity index (χ3v) is 7.80. The molecular weight excluding hydrogens is 406 g/mol. The second-order valence-electron chi connectivity index (χ2n) is 10.4. The van der Waals surface area contributed by atoms with E-state index >= 15 is 0 Å². The van der Waals surface area contributed by atoms with Crippen LogP contribution < -0.4 is 0 Å². The van der Waals surface area contributed by atoms with Gasteiger partial charge in [-0.3, -0.25) is 0 Å². The third kappa shape index (κ3) is 21.5. The number of rotatable bonds is 23. The van der Waals surface area contributed by atoms with E-state index in [-0.39, 0.29) is 11.8 Å². The van der Waals surface area contributed by atoms with E-state index in [0.717, 1.165) is 11.0 Å². The normalized spacial score (nSPS) is 13.6. The minimum Gasteiger partial charge on any atom is -0.748 e. The Morgan fingerprint density at radius 1 is 0.645 bits per heavy atom. The molecule has 0 aliphatic rings. The van der Waals surface area contributed by atoms with Crippen LogP contribution >= 0.6 is 0 Å². The van der Waals surface area contributed by atoms with Crippen LogP contribution in [-0.2, 0) is 10.1 Å². The molecule has 1 unspecified atom stereocenters. The van der Waals surface area contributed by atoms with Crippen molar-refractivity contribution in [1.29, 1.82) is 0 Å². The maximum absolute atomic E-state index is 10.8. The minimum atomic E-state index is -4.09. The van der Waals surface area contributed by atoms with E-state index in [1.165, 1.54) is 116 Å². The van der Waals surface area contributed by atoms with Crippen LogP contribution in [0.3, 0.4) is 0 Å². The Balaban J connectivity index is 3.39. The fourth-order valence-corrected chi connectivity index (χ4v) is 4.94. The predicted octanol–water partition coefficient (Wildman–Crippen LogP) is 7.43. The van der Waals surface area contributed by atoms with Crippen molar-refractivity contribution >= 4 is 10.1 Å². The lowest BCUT2D eigenvalue weighted by Gasteiger charge is -2.36. The summed E-state index contributed by atoms with van der Waals surface area (Å²) in [5.41, 5.74) is 0. The van der Waals surface area contributed by atoms with Gasteiger partial charge in [-0.2, -0.15) is 0 Å². The summed E-state index contributed by atoms with van der Waals surface area (Å²) in [7, 11) is 0.204. The Morgan fingerprint density at radius 2 is 0.968 bits per heavy atom. The van der Waals surface area contributed by atoms with Gasteiger partial charge in [-0.15, -0.1) is 0 Å². The summed E-state index contributed by atoms with van der Waals surface area (Å²) >= 11 is 0. The van der Waals surface area contributed by atoms with Crippen LogP contribution in [0.15, 0.2) is 0 Å². The van der Waals surface area contributed by atoms with Gasteiger partial charge in [0.2, 0.25) is 0 Å². The first-order valence-corrected chi connectivity index (χ1v) is 15.0. The lowest BCUT2D eigenvalue weighted by molar-refractivity contribution is -0.913. The topological polar surface area (TPSA) is 57.2 Å². The highest BCUT2D eigenvalue weighted by atomic mass is 32.2. The molecule has 0 aliphatic heterocycles. The Morgan fingerprint density at radius 3 is 1.29 bits per heavy atom. The van der Waals surface area contributed by atoms with Crippen LogP contribution in [0.4, 0.5) is 0 Å². The monoisotopic (exact) mass is 461 g/mol. The Kier molecular flexibility index (Phi) is 19.3. The van der Waals surface area contributed by atoms with Gasteiger partial charge >= 0.3 is 0 Å². The largest absolute Gasteiger partial charge is 0.748 e. The number of hydrogen-bond donors (Lipinski definition) is 0. The predicted molar refractivity (Wildman–Crippen MR) is 134 cm³/mol. The first kappa shape index (κ1) is 30.9. The lowest BCUT2D eigenvalue weighted by Crippen LogP contribution is -2.48. The molecular formula is C26H55NO3S. The van der Waals surface area contributed by atoms with Crippen LogP contribution in [0.2, 0.25) is 0 Å². The summed E-state index contributed by atoms with van der Waals surface area (Å²) in [4.78, 5) is 0. The molecule has 0 saturated carbocycles. The summed E-state index contributed by atoms with van der Waals surface area (Å²) in [6, 6.07) is 0.203. The van der Waals surface area contributed by atoms with Crippen molar-refractivity contribution in [3.8, 4) is 0 Å². The van der Waals surface area contributed by atoms with Crippen LogP contribution in [0.1, 0.15) is 136 Å². The van der Waals surface area contributed by atoms with Crippen molar-refractivity contribution in [1.82, 2.24) is 0 Å². The molecule has 0 aliphatic carbocycles. The number of quaternary nitrogens is 1. The Bertz CT molecular complexity index is 491. The first-order valence-electron chi connectivity index (χ1n) is 13.5. The molecule has 4 nitrogen and oxygen atoms in total. The minimum absolute atomic E-state index is 0.203. The maximum Gasteiger partial charge on any atom is 0.0948 e. The summed E-state index contributed by atoms with van der Waals surface area (Å²) < 4.78 is 33.3. The average Bonchev–Trinajstić information content (AvgIpc) is 2.70. The Hall–Kier alpha value is -0.130.